The standard InChI is InChI=1S/C24H25ClN6O4/c1-15-26-20-7-6-18(31(34)35)12-19(20)23(27-15)30-13-21(22(32)14-30)28-8-10-29(11-9-28)24(33)16-2-4-17(25)5-3-16/h2-7,12,21-22,32H,8-11,13-14H2,1H3/t21-,22-/m0/s1. The van der Waals surface area contributed by atoms with Crippen LogP contribution < -0.4 is 4.90 Å². The Morgan fingerprint density at radius 1 is 1.09 bits per heavy atom. The van der Waals surface area contributed by atoms with E-state index in [2.05, 4.69) is 14.9 Å². The van der Waals surface area contributed by atoms with Gasteiger partial charge in [-0.3, -0.25) is 19.8 Å². The van der Waals surface area contributed by atoms with Crippen LogP contribution in [0.25, 0.3) is 10.9 Å². The van der Waals surface area contributed by atoms with Gasteiger partial charge in [-0.15, -0.1) is 0 Å². The summed E-state index contributed by atoms with van der Waals surface area (Å²) in [5, 5.41) is 23.4. The van der Waals surface area contributed by atoms with Gasteiger partial charge in [0.1, 0.15) is 11.6 Å². The number of nitro benzene ring substituents is 1. The number of nitrogens with zero attached hydrogens (tertiary/aromatic N) is 6. The number of non-ortho nitro benzene ring substituents is 1. The first-order valence-electron chi connectivity index (χ1n) is 11.4. The summed E-state index contributed by atoms with van der Waals surface area (Å²) in [5.41, 5.74) is 1.21. The van der Waals surface area contributed by atoms with E-state index in [0.717, 1.165) is 0 Å². The summed E-state index contributed by atoms with van der Waals surface area (Å²) in [6.45, 7) is 5.08. The number of aromatic nitrogens is 2. The highest BCUT2D eigenvalue weighted by Gasteiger charge is 2.38. The molecular formula is C24H25ClN6O4. The highest BCUT2D eigenvalue weighted by Crippen LogP contribution is 2.31. The molecule has 10 nitrogen and oxygen atoms in total. The second-order valence-corrected chi connectivity index (χ2v) is 9.36. The van der Waals surface area contributed by atoms with Gasteiger partial charge in [0.25, 0.3) is 11.6 Å². The van der Waals surface area contributed by atoms with E-state index in [1.165, 1.54) is 12.1 Å². The maximum absolute atomic E-state index is 12.8. The van der Waals surface area contributed by atoms with Crippen LogP contribution in [0.4, 0.5) is 11.5 Å². The predicted molar refractivity (Wildman–Crippen MR) is 132 cm³/mol. The Kier molecular flexibility index (Phi) is 6.26. The zero-order valence-electron chi connectivity index (χ0n) is 19.2. The van der Waals surface area contributed by atoms with E-state index in [-0.39, 0.29) is 17.6 Å². The third-order valence-electron chi connectivity index (χ3n) is 6.70. The molecule has 5 rings (SSSR count). The predicted octanol–water partition coefficient (Wildman–Crippen LogP) is 2.51. The summed E-state index contributed by atoms with van der Waals surface area (Å²) in [6.07, 6.45) is -0.613. The van der Waals surface area contributed by atoms with E-state index in [9.17, 15) is 20.0 Å². The zero-order chi connectivity index (χ0) is 24.7. The van der Waals surface area contributed by atoms with Crippen molar-refractivity contribution >= 4 is 39.9 Å². The second kappa shape index (κ2) is 9.37. The Bertz CT molecular complexity index is 1280. The van der Waals surface area contributed by atoms with Crippen molar-refractivity contribution < 1.29 is 14.8 Å². The maximum atomic E-state index is 12.8. The molecule has 3 aromatic rings. The number of carbonyl (C=O) groups is 1. The van der Waals surface area contributed by atoms with Gasteiger partial charge in [0.05, 0.1) is 22.6 Å². The fraction of sp³-hybridized carbons (Fsp3) is 0.375. The molecule has 35 heavy (non-hydrogen) atoms. The van der Waals surface area contributed by atoms with Gasteiger partial charge in [0.15, 0.2) is 0 Å². The molecule has 1 aromatic heterocycles. The number of nitro groups is 1. The van der Waals surface area contributed by atoms with Gasteiger partial charge in [0, 0.05) is 67.4 Å². The quantitative estimate of drug-likeness (QED) is 0.432. The molecule has 3 heterocycles. The molecular weight excluding hydrogens is 472 g/mol. The number of aliphatic hydroxyl groups excluding tert-OH is 1. The lowest BCUT2D eigenvalue weighted by Gasteiger charge is -2.38. The van der Waals surface area contributed by atoms with Gasteiger partial charge in [0.2, 0.25) is 0 Å². The van der Waals surface area contributed by atoms with Gasteiger partial charge in [-0.05, 0) is 37.3 Å². The van der Waals surface area contributed by atoms with Gasteiger partial charge in [-0.25, -0.2) is 9.97 Å². The van der Waals surface area contributed by atoms with E-state index in [1.54, 1.807) is 37.3 Å². The van der Waals surface area contributed by atoms with Crippen LogP contribution in [0.1, 0.15) is 16.2 Å². The average Bonchev–Trinajstić information content (AvgIpc) is 3.24. The first-order chi connectivity index (χ1) is 16.8. The van der Waals surface area contributed by atoms with Crippen LogP contribution in [0.15, 0.2) is 42.5 Å². The summed E-state index contributed by atoms with van der Waals surface area (Å²) < 4.78 is 0. The number of amides is 1. The Morgan fingerprint density at radius 2 is 1.80 bits per heavy atom. The smallest absolute Gasteiger partial charge is 0.270 e. The van der Waals surface area contributed by atoms with Crippen molar-refractivity contribution in [3.63, 3.8) is 0 Å². The van der Waals surface area contributed by atoms with Gasteiger partial charge >= 0.3 is 0 Å². The largest absolute Gasteiger partial charge is 0.390 e. The SMILES string of the molecule is Cc1nc(N2C[C@H](O)[C@@H](N3CCN(C(=O)c4ccc(Cl)cc4)CC3)C2)c2cc([N+](=O)[O-])ccc2n1. The van der Waals surface area contributed by atoms with E-state index < -0.39 is 11.0 Å². The molecule has 2 aliphatic heterocycles. The fourth-order valence-electron chi connectivity index (χ4n) is 4.90. The molecule has 0 bridgehead atoms. The van der Waals surface area contributed by atoms with Crippen molar-refractivity contribution in [3.8, 4) is 0 Å². The van der Waals surface area contributed by atoms with E-state index in [4.69, 9.17) is 11.6 Å². The van der Waals surface area contributed by atoms with Crippen LogP contribution in [0.2, 0.25) is 5.02 Å². The normalized spacial score (nSPS) is 21.0. The van der Waals surface area contributed by atoms with Crippen molar-refractivity contribution in [3.05, 3.63) is 69.0 Å². The van der Waals surface area contributed by atoms with Crippen molar-refractivity contribution in [2.45, 2.75) is 19.1 Å². The number of hydrogen-bond donors (Lipinski definition) is 1. The highest BCUT2D eigenvalue weighted by molar-refractivity contribution is 6.30. The number of anilines is 1. The second-order valence-electron chi connectivity index (χ2n) is 8.93. The molecule has 2 saturated heterocycles. The number of rotatable bonds is 4. The van der Waals surface area contributed by atoms with Crippen molar-refractivity contribution in [1.82, 2.24) is 19.8 Å². The summed E-state index contributed by atoms with van der Waals surface area (Å²) in [6, 6.07) is 11.3. The van der Waals surface area contributed by atoms with Crippen LogP contribution in [-0.4, -0.2) is 87.1 Å². The van der Waals surface area contributed by atoms with Crippen LogP contribution >= 0.6 is 11.6 Å². The molecule has 2 atom stereocenters. The third-order valence-corrected chi connectivity index (χ3v) is 6.95. The lowest BCUT2D eigenvalue weighted by molar-refractivity contribution is -0.384. The molecule has 0 saturated carbocycles. The maximum Gasteiger partial charge on any atom is 0.270 e. The zero-order valence-corrected chi connectivity index (χ0v) is 19.9. The first-order valence-corrected chi connectivity index (χ1v) is 11.8. The fourth-order valence-corrected chi connectivity index (χ4v) is 5.03. The van der Waals surface area contributed by atoms with Crippen molar-refractivity contribution in [2.24, 2.45) is 0 Å². The molecule has 1 N–H and O–H groups in total. The Labute approximate surface area is 206 Å². The number of carbonyl (C=O) groups excluding carboxylic acids is 1. The molecule has 2 aliphatic rings. The monoisotopic (exact) mass is 496 g/mol. The van der Waals surface area contributed by atoms with E-state index >= 15 is 0 Å². The minimum Gasteiger partial charge on any atom is -0.390 e. The summed E-state index contributed by atoms with van der Waals surface area (Å²) in [7, 11) is 0. The third kappa shape index (κ3) is 4.64. The number of benzene rings is 2. The highest BCUT2D eigenvalue weighted by atomic mass is 35.5. The average molecular weight is 497 g/mol. The topological polar surface area (TPSA) is 116 Å². The van der Waals surface area contributed by atoms with Crippen LogP contribution in [0, 0.1) is 17.0 Å². The lowest BCUT2D eigenvalue weighted by Crippen LogP contribution is -2.54. The number of halogens is 1. The Hall–Kier alpha value is -3.34. The lowest BCUT2D eigenvalue weighted by atomic mass is 10.1. The molecule has 2 aromatic carbocycles. The minimum absolute atomic E-state index is 0.0241. The molecule has 2 fully saturated rings. The summed E-state index contributed by atoms with van der Waals surface area (Å²) >= 11 is 5.93. The van der Waals surface area contributed by atoms with Crippen LogP contribution in [-0.2, 0) is 0 Å². The molecule has 0 unspecified atom stereocenters. The van der Waals surface area contributed by atoms with E-state index in [1.807, 2.05) is 9.80 Å². The van der Waals surface area contributed by atoms with Crippen LogP contribution in [0.3, 0.4) is 0 Å². The van der Waals surface area contributed by atoms with Gasteiger partial charge < -0.3 is 14.9 Å². The van der Waals surface area contributed by atoms with Crippen molar-refractivity contribution in [1.29, 1.82) is 0 Å². The number of β-amino-alcohol motifs (C(OH)–C–C–N with tert-alkyl or cyclic N) is 1. The molecule has 0 aliphatic carbocycles. The van der Waals surface area contributed by atoms with Gasteiger partial charge in [-0.2, -0.15) is 0 Å². The summed E-state index contributed by atoms with van der Waals surface area (Å²) in [5.74, 6) is 1.13. The first kappa shape index (κ1) is 23.4. The van der Waals surface area contributed by atoms with Gasteiger partial charge in [-0.1, -0.05) is 11.6 Å². The minimum atomic E-state index is -0.613. The number of hydrogen-bond acceptors (Lipinski definition) is 8. The molecule has 182 valence electrons. The molecule has 11 heteroatoms. The molecule has 0 radical (unpaired) electrons. The molecule has 0 spiro atoms. The number of fused-ring (bicyclic) bond motifs is 1. The number of aryl methyl sites for hydroxylation is 1. The van der Waals surface area contributed by atoms with E-state index in [0.29, 0.717) is 72.4 Å². The van der Waals surface area contributed by atoms with Crippen LogP contribution in [0.5, 0.6) is 0 Å². The summed E-state index contributed by atoms with van der Waals surface area (Å²) in [4.78, 5) is 38.7. The Morgan fingerprint density at radius 3 is 2.49 bits per heavy atom. The number of piperazine rings is 1. The number of aliphatic hydroxyl groups is 1. The molecule has 1 amide bonds. The van der Waals surface area contributed by atoms with Crippen molar-refractivity contribution in [2.75, 3.05) is 44.2 Å². The Balaban J connectivity index is 1.30.